The van der Waals surface area contributed by atoms with Crippen molar-refractivity contribution in [3.05, 3.63) is 62.7 Å². The summed E-state index contributed by atoms with van der Waals surface area (Å²) in [5.41, 5.74) is -1.28. The number of phosphoric ester groups is 1. The second-order valence-corrected chi connectivity index (χ2v) is 8.10. The lowest BCUT2D eigenvalue weighted by Crippen LogP contribution is -2.34. The average Bonchev–Trinajstić information content (AvgIpc) is 3.12. The molecule has 12 heteroatoms. The second kappa shape index (κ2) is 7.85. The number of methoxy groups -OCH3 is 1. The lowest BCUT2D eigenvalue weighted by atomic mass is 10.2. The van der Waals surface area contributed by atoms with Crippen LogP contribution in [0.1, 0.15) is 18.2 Å². The van der Waals surface area contributed by atoms with Gasteiger partial charge in [0.05, 0.1) is 26.5 Å². The molecule has 4 atom stereocenters. The Morgan fingerprint density at radius 1 is 1.31 bits per heavy atom. The number of H-pyrrole nitrogens is 1. The Kier molecular flexibility index (Phi) is 5.41. The van der Waals surface area contributed by atoms with Crippen molar-refractivity contribution in [1.82, 2.24) is 9.55 Å². The zero-order valence-corrected chi connectivity index (χ0v) is 16.2. The Labute approximate surface area is 163 Å². The van der Waals surface area contributed by atoms with E-state index in [-0.39, 0.29) is 19.6 Å². The maximum absolute atomic E-state index is 13.5. The molecule has 1 unspecified atom stereocenters. The summed E-state index contributed by atoms with van der Waals surface area (Å²) in [6, 6.07) is 7.07. The van der Waals surface area contributed by atoms with Gasteiger partial charge in [0, 0.05) is 12.0 Å². The Balaban J connectivity index is 1.45. The largest absolute Gasteiger partial charge is 0.496 e. The monoisotopic (exact) mass is 428 g/mol. The Morgan fingerprint density at radius 3 is 2.90 bits per heavy atom. The summed E-state index contributed by atoms with van der Waals surface area (Å²) in [5, 5.41) is 0. The van der Waals surface area contributed by atoms with Crippen LogP contribution in [-0.2, 0) is 29.5 Å². The van der Waals surface area contributed by atoms with E-state index in [1.54, 1.807) is 24.3 Å². The SMILES string of the molecule is COc1ccccc1COP1(=O)OC[C@H]2O[C@@H](n3cc(F)c(=O)[nH]c3=O)C[C@@H]2O1. The lowest BCUT2D eigenvalue weighted by Gasteiger charge is -2.29. The Hall–Kier alpha value is -2.30. The summed E-state index contributed by atoms with van der Waals surface area (Å²) < 4.78 is 54.3. The van der Waals surface area contributed by atoms with E-state index < -0.39 is 43.3 Å². The third-order valence-corrected chi connectivity index (χ3v) is 6.09. The van der Waals surface area contributed by atoms with Crippen LogP contribution in [-0.4, -0.2) is 35.5 Å². The molecule has 156 valence electrons. The first-order valence-electron chi connectivity index (χ1n) is 8.74. The molecule has 0 radical (unpaired) electrons. The number of hydrogen-bond acceptors (Lipinski definition) is 8. The highest BCUT2D eigenvalue weighted by atomic mass is 31.2. The standard InChI is InChI=1S/C17H18FN2O8P/c1-24-12-5-3-2-4-10(12)8-25-29(23)26-9-14-13(28-29)6-15(27-14)20-7-11(18)16(21)19-17(20)22/h2-5,7,13-15H,6,8-9H2,1H3,(H,19,21,22)/t13-,14+,15+,29?/m0/s1. The number of aromatic nitrogens is 2. The fourth-order valence-corrected chi connectivity index (χ4v) is 4.58. The molecule has 2 aliphatic heterocycles. The van der Waals surface area contributed by atoms with Crippen molar-refractivity contribution in [3.8, 4) is 5.75 Å². The van der Waals surface area contributed by atoms with Gasteiger partial charge in [0.1, 0.15) is 24.2 Å². The maximum Gasteiger partial charge on any atom is 0.475 e. The van der Waals surface area contributed by atoms with Crippen LogP contribution in [0.2, 0.25) is 0 Å². The molecule has 0 bridgehead atoms. The number of ether oxygens (including phenoxy) is 2. The zero-order valence-electron chi connectivity index (χ0n) is 15.3. The molecule has 10 nitrogen and oxygen atoms in total. The third kappa shape index (κ3) is 4.05. The minimum atomic E-state index is -3.88. The molecule has 1 N–H and O–H groups in total. The van der Waals surface area contributed by atoms with Gasteiger partial charge in [-0.2, -0.15) is 4.39 Å². The highest BCUT2D eigenvalue weighted by Gasteiger charge is 2.48. The smallest absolute Gasteiger partial charge is 0.475 e. The number of rotatable bonds is 5. The van der Waals surface area contributed by atoms with E-state index in [2.05, 4.69) is 0 Å². The van der Waals surface area contributed by atoms with Crippen molar-refractivity contribution < 1.29 is 32.0 Å². The second-order valence-electron chi connectivity index (χ2n) is 6.48. The summed E-state index contributed by atoms with van der Waals surface area (Å²) in [5.74, 6) is -0.552. The van der Waals surface area contributed by atoms with Gasteiger partial charge in [0.25, 0.3) is 5.56 Å². The van der Waals surface area contributed by atoms with Crippen molar-refractivity contribution in [2.24, 2.45) is 0 Å². The number of fused-ring (bicyclic) bond motifs is 1. The van der Waals surface area contributed by atoms with Crippen molar-refractivity contribution in [3.63, 3.8) is 0 Å². The van der Waals surface area contributed by atoms with Gasteiger partial charge in [-0.3, -0.25) is 27.9 Å². The number of phosphoric acid groups is 1. The van der Waals surface area contributed by atoms with Gasteiger partial charge in [0.15, 0.2) is 0 Å². The van der Waals surface area contributed by atoms with Crippen molar-refractivity contribution in [2.75, 3.05) is 13.7 Å². The highest BCUT2D eigenvalue weighted by Crippen LogP contribution is 2.57. The van der Waals surface area contributed by atoms with Crippen LogP contribution >= 0.6 is 7.82 Å². The fraction of sp³-hybridized carbons (Fsp3) is 0.412. The number of para-hydroxylation sites is 1. The number of hydrogen-bond donors (Lipinski definition) is 1. The molecule has 0 aliphatic carbocycles. The maximum atomic E-state index is 13.5. The summed E-state index contributed by atoms with van der Waals surface area (Å²) in [7, 11) is -2.37. The van der Waals surface area contributed by atoms with E-state index in [0.29, 0.717) is 11.3 Å². The molecule has 4 rings (SSSR count). The van der Waals surface area contributed by atoms with Crippen LogP contribution in [0.4, 0.5) is 4.39 Å². The predicted molar refractivity (Wildman–Crippen MR) is 96.0 cm³/mol. The molecule has 1 aromatic carbocycles. The van der Waals surface area contributed by atoms with Gasteiger partial charge in [-0.1, -0.05) is 18.2 Å². The zero-order chi connectivity index (χ0) is 20.6. The van der Waals surface area contributed by atoms with Crippen LogP contribution in [0.25, 0.3) is 0 Å². The third-order valence-electron chi connectivity index (χ3n) is 4.65. The molecule has 3 heterocycles. The van der Waals surface area contributed by atoms with E-state index in [1.807, 2.05) is 4.98 Å². The minimum absolute atomic E-state index is 0.0619. The van der Waals surface area contributed by atoms with E-state index in [0.717, 1.165) is 10.8 Å². The number of nitrogens with zero attached hydrogens (tertiary/aromatic N) is 1. The van der Waals surface area contributed by atoms with Crippen molar-refractivity contribution in [1.29, 1.82) is 0 Å². The summed E-state index contributed by atoms with van der Waals surface area (Å²) in [4.78, 5) is 25.0. The van der Waals surface area contributed by atoms with E-state index in [1.165, 1.54) is 7.11 Å². The first kappa shape index (κ1) is 20.0. The molecule has 1 aromatic heterocycles. The predicted octanol–water partition coefficient (Wildman–Crippen LogP) is 1.71. The molecule has 0 amide bonds. The van der Waals surface area contributed by atoms with Gasteiger partial charge < -0.3 is 9.47 Å². The summed E-state index contributed by atoms with van der Waals surface area (Å²) >= 11 is 0. The lowest BCUT2D eigenvalue weighted by molar-refractivity contribution is -0.0732. The van der Waals surface area contributed by atoms with Crippen LogP contribution in [0, 0.1) is 5.82 Å². The quantitative estimate of drug-likeness (QED) is 0.716. The molecule has 2 fully saturated rings. The molecule has 2 saturated heterocycles. The molecular weight excluding hydrogens is 410 g/mol. The summed E-state index contributed by atoms with van der Waals surface area (Å²) in [6.45, 7) is -0.154. The van der Waals surface area contributed by atoms with Crippen LogP contribution in [0.15, 0.2) is 40.1 Å². The molecule has 2 aliphatic rings. The Bertz CT molecular complexity index is 1070. The number of halogens is 1. The molecule has 2 aromatic rings. The van der Waals surface area contributed by atoms with E-state index in [9.17, 15) is 18.5 Å². The first-order chi connectivity index (χ1) is 13.9. The highest BCUT2D eigenvalue weighted by molar-refractivity contribution is 7.48. The van der Waals surface area contributed by atoms with Crippen LogP contribution in [0.3, 0.4) is 0 Å². The van der Waals surface area contributed by atoms with Crippen molar-refractivity contribution in [2.45, 2.75) is 31.5 Å². The topological polar surface area (TPSA) is 118 Å². The van der Waals surface area contributed by atoms with E-state index >= 15 is 0 Å². The average molecular weight is 428 g/mol. The number of benzene rings is 1. The van der Waals surface area contributed by atoms with Gasteiger partial charge >= 0.3 is 13.5 Å². The van der Waals surface area contributed by atoms with Crippen LogP contribution < -0.4 is 16.0 Å². The summed E-state index contributed by atoms with van der Waals surface area (Å²) in [6.07, 6.45) is -1.37. The number of aromatic amines is 1. The molecule has 29 heavy (non-hydrogen) atoms. The number of nitrogens with one attached hydrogen (secondary N) is 1. The Morgan fingerprint density at radius 2 is 2.10 bits per heavy atom. The van der Waals surface area contributed by atoms with Gasteiger partial charge in [-0.25, -0.2) is 9.36 Å². The minimum Gasteiger partial charge on any atom is -0.496 e. The van der Waals surface area contributed by atoms with E-state index in [4.69, 9.17) is 23.0 Å². The van der Waals surface area contributed by atoms with Gasteiger partial charge in [-0.15, -0.1) is 0 Å². The molecule has 0 saturated carbocycles. The first-order valence-corrected chi connectivity index (χ1v) is 10.2. The van der Waals surface area contributed by atoms with Gasteiger partial charge in [-0.05, 0) is 6.07 Å². The van der Waals surface area contributed by atoms with Crippen molar-refractivity contribution >= 4 is 7.82 Å². The van der Waals surface area contributed by atoms with Crippen LogP contribution in [0.5, 0.6) is 5.75 Å². The normalized spacial score (nSPS) is 28.8. The molecular formula is C17H18FN2O8P. The molecule has 0 spiro atoms. The fourth-order valence-electron chi connectivity index (χ4n) is 3.21. The van der Waals surface area contributed by atoms with Gasteiger partial charge in [0.2, 0.25) is 5.82 Å².